The molecule has 0 saturated carbocycles. The second-order valence-corrected chi connectivity index (χ2v) is 13.7. The number of sulfone groups is 2. The smallest absolute Gasteiger partial charge is 0.266 e. The Bertz CT molecular complexity index is 2100. The van der Waals surface area contributed by atoms with Crippen LogP contribution in [0.2, 0.25) is 0 Å². The Morgan fingerprint density at radius 1 is 0.476 bits per heavy atom. The molecule has 2 aliphatic heterocycles. The third-order valence-electron chi connectivity index (χ3n) is 7.28. The van der Waals surface area contributed by atoms with Crippen LogP contribution in [0, 0.1) is 6.92 Å². The summed E-state index contributed by atoms with van der Waals surface area (Å²) in [7, 11) is -6.79. The van der Waals surface area contributed by atoms with Crippen molar-refractivity contribution in [3.05, 3.63) is 113 Å². The van der Waals surface area contributed by atoms with Crippen LogP contribution in [0.3, 0.4) is 0 Å². The molecule has 0 aromatic heterocycles. The Morgan fingerprint density at radius 3 is 1.40 bits per heavy atom. The van der Waals surface area contributed by atoms with Crippen molar-refractivity contribution >= 4 is 49.0 Å². The van der Waals surface area contributed by atoms with Crippen molar-refractivity contribution in [1.82, 2.24) is 4.90 Å². The molecule has 4 aromatic rings. The Labute approximate surface area is 240 Å². The van der Waals surface area contributed by atoms with Gasteiger partial charge in [-0.1, -0.05) is 17.7 Å². The minimum atomic E-state index is -4.25. The number of imide groups is 2. The minimum Gasteiger partial charge on any atom is -0.277 e. The molecule has 210 valence electrons. The number of carbonyl (C=O) groups is 4. The molecule has 4 amide bonds. The number of hydrogen-bond acceptors (Lipinski definition) is 8. The van der Waals surface area contributed by atoms with Crippen molar-refractivity contribution in [3.8, 4) is 0 Å². The molecule has 2 aliphatic rings. The van der Waals surface area contributed by atoms with Crippen molar-refractivity contribution in [2.75, 3.05) is 11.9 Å². The molecule has 42 heavy (non-hydrogen) atoms. The van der Waals surface area contributed by atoms with Crippen molar-refractivity contribution in [2.24, 2.45) is 0 Å². The summed E-state index contributed by atoms with van der Waals surface area (Å²) in [5.74, 6) is -2.65. The van der Waals surface area contributed by atoms with Gasteiger partial charge in [0.15, 0.2) is 0 Å². The third kappa shape index (κ3) is 3.98. The molecule has 12 heteroatoms. The Hall–Kier alpha value is -4.94. The lowest BCUT2D eigenvalue weighted by Gasteiger charge is -2.14. The maximum atomic E-state index is 13.4. The zero-order valence-electron chi connectivity index (χ0n) is 22.1. The van der Waals surface area contributed by atoms with Gasteiger partial charge in [0, 0.05) is 7.05 Å². The quantitative estimate of drug-likeness (QED) is 0.316. The largest absolute Gasteiger partial charge is 0.277 e. The lowest BCUT2D eigenvalue weighted by atomic mass is 10.1. The van der Waals surface area contributed by atoms with Crippen LogP contribution in [-0.2, 0) is 19.7 Å². The van der Waals surface area contributed by atoms with Gasteiger partial charge in [0.05, 0.1) is 47.5 Å². The molecule has 0 N–H and O–H groups in total. The first-order chi connectivity index (χ1) is 19.8. The van der Waals surface area contributed by atoms with Gasteiger partial charge in [-0.3, -0.25) is 24.1 Å². The number of amides is 4. The zero-order valence-corrected chi connectivity index (χ0v) is 23.7. The van der Waals surface area contributed by atoms with E-state index in [1.54, 1.807) is 12.1 Å². The summed E-state index contributed by atoms with van der Waals surface area (Å²) in [6.45, 7) is 1.84. The molecular formula is C30H20N2O8S2. The molecule has 0 aliphatic carbocycles. The van der Waals surface area contributed by atoms with Crippen LogP contribution < -0.4 is 4.90 Å². The molecule has 0 bridgehead atoms. The van der Waals surface area contributed by atoms with Crippen LogP contribution in [0.25, 0.3) is 0 Å². The monoisotopic (exact) mass is 600 g/mol. The average Bonchev–Trinajstić information content (AvgIpc) is 3.36. The Morgan fingerprint density at radius 2 is 0.857 bits per heavy atom. The van der Waals surface area contributed by atoms with Crippen LogP contribution in [0.5, 0.6) is 0 Å². The highest BCUT2D eigenvalue weighted by molar-refractivity contribution is 7.91. The fraction of sp³-hybridized carbons (Fsp3) is 0.0667. The van der Waals surface area contributed by atoms with E-state index in [0.29, 0.717) is 0 Å². The molecule has 4 aromatic carbocycles. The van der Waals surface area contributed by atoms with Crippen LogP contribution >= 0.6 is 0 Å². The first-order valence-electron chi connectivity index (χ1n) is 12.5. The number of hydrogen-bond donors (Lipinski definition) is 0. The molecule has 0 saturated heterocycles. The fourth-order valence-corrected chi connectivity index (χ4v) is 7.47. The lowest BCUT2D eigenvalue weighted by molar-refractivity contribution is 0.0692. The molecule has 0 unspecified atom stereocenters. The van der Waals surface area contributed by atoms with Crippen molar-refractivity contribution in [3.63, 3.8) is 0 Å². The SMILES string of the molecule is Cc1ccc(S(=O)(=O)c2ccc(N3C(=O)c4ccc(S(=O)(=O)c5ccc6c(c5)C(=O)N(C)C6=O)cc4C3=O)cc2)cc1. The maximum absolute atomic E-state index is 13.4. The van der Waals surface area contributed by atoms with Gasteiger partial charge < -0.3 is 0 Å². The van der Waals surface area contributed by atoms with Gasteiger partial charge in [0.25, 0.3) is 23.6 Å². The number of anilines is 1. The predicted molar refractivity (Wildman–Crippen MR) is 149 cm³/mol. The first kappa shape index (κ1) is 27.2. The van der Waals surface area contributed by atoms with Crippen LogP contribution in [0.1, 0.15) is 47.0 Å². The highest BCUT2D eigenvalue weighted by Gasteiger charge is 2.39. The van der Waals surface area contributed by atoms with E-state index in [9.17, 15) is 36.0 Å². The molecule has 0 radical (unpaired) electrons. The first-order valence-corrected chi connectivity index (χ1v) is 15.5. The van der Waals surface area contributed by atoms with Crippen LogP contribution in [-0.4, -0.2) is 52.4 Å². The molecular weight excluding hydrogens is 580 g/mol. The summed E-state index contributed by atoms with van der Waals surface area (Å²) < 4.78 is 52.9. The van der Waals surface area contributed by atoms with E-state index in [4.69, 9.17) is 0 Å². The van der Waals surface area contributed by atoms with Crippen molar-refractivity contribution in [2.45, 2.75) is 26.5 Å². The summed E-state index contributed by atoms with van der Waals surface area (Å²) >= 11 is 0. The topological polar surface area (TPSA) is 143 Å². The lowest BCUT2D eigenvalue weighted by Crippen LogP contribution is -2.29. The van der Waals surface area contributed by atoms with Crippen molar-refractivity contribution in [1.29, 1.82) is 0 Å². The number of carbonyl (C=O) groups excluding carboxylic acids is 4. The number of aryl methyl sites for hydroxylation is 1. The summed E-state index contributed by atoms with van der Waals surface area (Å²) in [5, 5.41) is 0. The number of rotatable bonds is 5. The minimum absolute atomic E-state index is 0.0216. The third-order valence-corrected chi connectivity index (χ3v) is 10.8. The highest BCUT2D eigenvalue weighted by Crippen LogP contribution is 2.34. The van der Waals surface area contributed by atoms with E-state index in [2.05, 4.69) is 0 Å². The molecule has 0 atom stereocenters. The van der Waals surface area contributed by atoms with E-state index >= 15 is 0 Å². The van der Waals surface area contributed by atoms with Crippen LogP contribution in [0.15, 0.2) is 105 Å². The predicted octanol–water partition coefficient (Wildman–Crippen LogP) is 3.69. The maximum Gasteiger partial charge on any atom is 0.266 e. The van der Waals surface area contributed by atoms with Gasteiger partial charge in [-0.25, -0.2) is 21.7 Å². The summed E-state index contributed by atoms with van der Waals surface area (Å²) in [4.78, 5) is 52.3. The van der Waals surface area contributed by atoms with Gasteiger partial charge in [-0.2, -0.15) is 0 Å². The zero-order chi connectivity index (χ0) is 30.1. The Balaban J connectivity index is 1.31. The Kier molecular flexibility index (Phi) is 6.03. The normalized spacial score (nSPS) is 14.9. The second-order valence-electron chi connectivity index (χ2n) is 9.84. The highest BCUT2D eigenvalue weighted by atomic mass is 32.2. The molecule has 10 nitrogen and oxygen atoms in total. The summed E-state index contributed by atoms with van der Waals surface area (Å²) in [5.41, 5.74) is 0.882. The summed E-state index contributed by atoms with van der Waals surface area (Å²) in [6, 6.07) is 18.7. The standard InChI is InChI=1S/C30H20N2O8S2/c1-17-3-7-19(8-4-17)41(37,38)20-9-5-18(6-10-20)32-29(35)24-14-12-22(16-26(24)30(32)36)42(39,40)21-11-13-23-25(15-21)28(34)31(2)27(23)33/h3-16H,1-2H3. The van der Waals surface area contributed by atoms with Gasteiger partial charge in [0.2, 0.25) is 19.7 Å². The van der Waals surface area contributed by atoms with Crippen molar-refractivity contribution < 1.29 is 36.0 Å². The number of fused-ring (bicyclic) bond motifs is 2. The number of nitrogens with zero attached hydrogens (tertiary/aromatic N) is 2. The van der Waals surface area contributed by atoms with E-state index in [1.807, 2.05) is 6.92 Å². The van der Waals surface area contributed by atoms with Gasteiger partial charge in [0.1, 0.15) is 0 Å². The molecule has 2 heterocycles. The van der Waals surface area contributed by atoms with E-state index < -0.39 is 43.3 Å². The van der Waals surface area contributed by atoms with Gasteiger partial charge in [-0.15, -0.1) is 0 Å². The fourth-order valence-electron chi connectivity index (χ4n) is 4.89. The molecule has 0 fully saturated rings. The second kappa shape index (κ2) is 9.29. The van der Waals surface area contributed by atoms with Gasteiger partial charge in [-0.05, 0) is 79.7 Å². The van der Waals surface area contributed by atoms with E-state index in [1.165, 1.54) is 67.7 Å². The van der Waals surface area contributed by atoms with E-state index in [-0.39, 0.29) is 47.5 Å². The van der Waals surface area contributed by atoms with Crippen LogP contribution in [0.4, 0.5) is 5.69 Å². The van der Waals surface area contributed by atoms with E-state index in [0.717, 1.165) is 27.5 Å². The summed E-state index contributed by atoms with van der Waals surface area (Å²) in [6.07, 6.45) is 0. The molecule has 6 rings (SSSR count). The molecule has 0 spiro atoms. The van der Waals surface area contributed by atoms with Gasteiger partial charge >= 0.3 is 0 Å². The average molecular weight is 601 g/mol. The number of benzene rings is 4.